The molecule has 1 aromatic heterocycles. The third-order valence-corrected chi connectivity index (χ3v) is 3.92. The summed E-state index contributed by atoms with van der Waals surface area (Å²) in [4.78, 5) is 4.20. The molecule has 0 radical (unpaired) electrons. The summed E-state index contributed by atoms with van der Waals surface area (Å²) in [7, 11) is 2.66. The summed E-state index contributed by atoms with van der Waals surface area (Å²) in [6.45, 7) is 2.01. The fraction of sp³-hybridized carbons (Fsp3) is 0.250. The molecular formula is C4H5INPS. The zero-order valence-electron chi connectivity index (χ0n) is 4.31. The summed E-state index contributed by atoms with van der Waals surface area (Å²) in [5.41, 5.74) is 0. The molecule has 0 saturated carbocycles. The maximum atomic E-state index is 4.20. The molecule has 0 aliphatic heterocycles. The van der Waals surface area contributed by atoms with Gasteiger partial charge in [0.05, 0.1) is 9.63 Å². The SMILES string of the molecule is Cc1nc(I)c(P)s1. The van der Waals surface area contributed by atoms with E-state index in [9.17, 15) is 0 Å². The van der Waals surface area contributed by atoms with Gasteiger partial charge >= 0.3 is 0 Å². The van der Waals surface area contributed by atoms with Crippen molar-refractivity contribution in [2.45, 2.75) is 6.92 Å². The van der Waals surface area contributed by atoms with Crippen LogP contribution in [-0.2, 0) is 0 Å². The Kier molecular flexibility index (Phi) is 2.23. The average Bonchev–Trinajstić information content (AvgIpc) is 1.85. The largest absolute Gasteiger partial charge is 0.235 e. The second kappa shape index (κ2) is 2.58. The van der Waals surface area contributed by atoms with Gasteiger partial charge in [-0.25, -0.2) is 4.98 Å². The molecule has 1 nitrogen and oxygen atoms in total. The van der Waals surface area contributed by atoms with Crippen LogP contribution in [0.1, 0.15) is 5.01 Å². The second-order valence-corrected chi connectivity index (χ2v) is 4.64. The fourth-order valence-electron chi connectivity index (χ4n) is 0.417. The van der Waals surface area contributed by atoms with Crippen LogP contribution in [0.15, 0.2) is 0 Å². The number of aromatic nitrogens is 1. The molecule has 0 aliphatic carbocycles. The number of halogens is 1. The molecule has 1 heterocycles. The van der Waals surface area contributed by atoms with Gasteiger partial charge in [-0.05, 0) is 29.5 Å². The number of aryl methyl sites for hydroxylation is 1. The lowest BCUT2D eigenvalue weighted by molar-refractivity contribution is 1.26. The van der Waals surface area contributed by atoms with Crippen molar-refractivity contribution in [2.24, 2.45) is 0 Å². The van der Waals surface area contributed by atoms with Gasteiger partial charge in [-0.1, -0.05) is 9.24 Å². The van der Waals surface area contributed by atoms with Crippen LogP contribution in [0.25, 0.3) is 0 Å². The molecule has 8 heavy (non-hydrogen) atoms. The minimum atomic E-state index is 1.11. The summed E-state index contributed by atoms with van der Waals surface area (Å²) in [5, 5.41) is 1.14. The third-order valence-electron chi connectivity index (χ3n) is 0.717. The van der Waals surface area contributed by atoms with E-state index in [-0.39, 0.29) is 0 Å². The van der Waals surface area contributed by atoms with E-state index < -0.39 is 0 Å². The molecule has 4 heteroatoms. The third kappa shape index (κ3) is 1.39. The zero-order chi connectivity index (χ0) is 6.15. The predicted molar refractivity (Wildman–Crippen MR) is 48.9 cm³/mol. The Hall–Kier alpha value is 0.790. The van der Waals surface area contributed by atoms with Gasteiger partial charge in [-0.2, -0.15) is 0 Å². The molecule has 1 aromatic rings. The van der Waals surface area contributed by atoms with Crippen molar-refractivity contribution in [3.8, 4) is 0 Å². The summed E-state index contributed by atoms with van der Waals surface area (Å²) in [6, 6.07) is 0. The Morgan fingerprint density at radius 3 is 2.50 bits per heavy atom. The highest BCUT2D eigenvalue weighted by Gasteiger charge is 1.97. The van der Waals surface area contributed by atoms with Crippen molar-refractivity contribution in [3.63, 3.8) is 0 Å². The molecule has 44 valence electrons. The number of rotatable bonds is 0. The summed E-state index contributed by atoms with van der Waals surface area (Å²) in [6.07, 6.45) is 0. The normalized spacial score (nSPS) is 9.88. The van der Waals surface area contributed by atoms with Gasteiger partial charge in [-0.15, -0.1) is 11.3 Å². The molecule has 0 saturated heterocycles. The first-order valence-corrected chi connectivity index (χ1v) is 4.56. The molecule has 0 fully saturated rings. The van der Waals surface area contributed by atoms with Gasteiger partial charge in [0.15, 0.2) is 0 Å². The van der Waals surface area contributed by atoms with Crippen molar-refractivity contribution in [2.75, 3.05) is 0 Å². The number of hydrogen-bond donors (Lipinski definition) is 0. The zero-order valence-corrected chi connectivity index (χ0v) is 8.44. The lowest BCUT2D eigenvalue weighted by atomic mass is 10.8. The van der Waals surface area contributed by atoms with Crippen LogP contribution in [0.4, 0.5) is 0 Å². The Bertz CT molecular complexity index is 178. The van der Waals surface area contributed by atoms with Gasteiger partial charge in [0.1, 0.15) is 3.70 Å². The molecule has 0 aromatic carbocycles. The van der Waals surface area contributed by atoms with E-state index in [0.717, 1.165) is 8.71 Å². The Balaban J connectivity index is 3.14. The van der Waals surface area contributed by atoms with Crippen molar-refractivity contribution in [1.82, 2.24) is 4.98 Å². The molecule has 0 spiro atoms. The summed E-state index contributed by atoms with van der Waals surface area (Å²) < 4.78 is 2.35. The second-order valence-electron chi connectivity index (χ2n) is 1.39. The standard InChI is InChI=1S/C4H5INPS/c1-2-6-3(5)4(7)8-2/h7H2,1H3. The minimum absolute atomic E-state index is 1.11. The van der Waals surface area contributed by atoms with Gasteiger partial charge in [0, 0.05) is 0 Å². The molecule has 0 N–H and O–H groups in total. The van der Waals surface area contributed by atoms with Crippen LogP contribution in [0, 0.1) is 10.6 Å². The minimum Gasteiger partial charge on any atom is -0.235 e. The van der Waals surface area contributed by atoms with Crippen LogP contribution in [0.5, 0.6) is 0 Å². The fourth-order valence-corrected chi connectivity index (χ4v) is 2.43. The number of thiazole rings is 1. The van der Waals surface area contributed by atoms with Crippen LogP contribution >= 0.6 is 43.2 Å². The highest BCUT2D eigenvalue weighted by molar-refractivity contribution is 14.1. The van der Waals surface area contributed by atoms with Crippen LogP contribution in [-0.4, -0.2) is 4.98 Å². The summed E-state index contributed by atoms with van der Waals surface area (Å²) in [5.74, 6) is 0. The summed E-state index contributed by atoms with van der Waals surface area (Å²) >= 11 is 3.94. The predicted octanol–water partition coefficient (Wildman–Crippen LogP) is 1.56. The molecule has 0 bridgehead atoms. The lowest BCUT2D eigenvalue weighted by Crippen LogP contribution is -1.84. The van der Waals surface area contributed by atoms with Crippen molar-refractivity contribution < 1.29 is 0 Å². The number of nitrogens with zero attached hydrogens (tertiary/aromatic N) is 1. The van der Waals surface area contributed by atoms with Crippen LogP contribution < -0.4 is 4.62 Å². The van der Waals surface area contributed by atoms with Gasteiger partial charge < -0.3 is 0 Å². The molecule has 0 amide bonds. The first-order chi connectivity index (χ1) is 3.70. The molecule has 1 atom stereocenters. The first kappa shape index (κ1) is 6.90. The Morgan fingerprint density at radius 1 is 1.75 bits per heavy atom. The van der Waals surface area contributed by atoms with E-state index in [1.807, 2.05) is 6.92 Å². The highest BCUT2D eigenvalue weighted by Crippen LogP contribution is 2.10. The maximum absolute atomic E-state index is 4.20. The van der Waals surface area contributed by atoms with Crippen molar-refractivity contribution in [1.29, 1.82) is 0 Å². The molecular weight excluding hydrogens is 252 g/mol. The monoisotopic (exact) mass is 257 g/mol. The molecule has 0 aliphatic rings. The smallest absolute Gasteiger partial charge is 0.119 e. The van der Waals surface area contributed by atoms with E-state index in [1.165, 1.54) is 4.62 Å². The van der Waals surface area contributed by atoms with Crippen LogP contribution in [0.3, 0.4) is 0 Å². The van der Waals surface area contributed by atoms with Gasteiger partial charge in [0.25, 0.3) is 0 Å². The van der Waals surface area contributed by atoms with E-state index in [2.05, 4.69) is 36.8 Å². The van der Waals surface area contributed by atoms with Crippen LogP contribution in [0.2, 0.25) is 0 Å². The van der Waals surface area contributed by atoms with E-state index in [4.69, 9.17) is 0 Å². The van der Waals surface area contributed by atoms with E-state index >= 15 is 0 Å². The number of hydrogen-bond acceptors (Lipinski definition) is 2. The Labute approximate surface area is 68.2 Å². The van der Waals surface area contributed by atoms with Gasteiger partial charge in [-0.3, -0.25) is 0 Å². The van der Waals surface area contributed by atoms with E-state index in [0.29, 0.717) is 0 Å². The lowest BCUT2D eigenvalue weighted by Gasteiger charge is -1.75. The van der Waals surface area contributed by atoms with Crippen molar-refractivity contribution >= 4 is 47.8 Å². The van der Waals surface area contributed by atoms with E-state index in [1.54, 1.807) is 11.3 Å². The quantitative estimate of drug-likeness (QED) is 0.507. The highest BCUT2D eigenvalue weighted by atomic mass is 127. The molecule has 1 unspecified atom stereocenters. The van der Waals surface area contributed by atoms with Crippen molar-refractivity contribution in [3.05, 3.63) is 8.71 Å². The first-order valence-electron chi connectivity index (χ1n) is 2.08. The maximum Gasteiger partial charge on any atom is 0.119 e. The molecule has 1 rings (SSSR count). The average molecular weight is 257 g/mol. The van der Waals surface area contributed by atoms with Gasteiger partial charge in [0.2, 0.25) is 0 Å². The topological polar surface area (TPSA) is 12.9 Å². The Morgan fingerprint density at radius 2 is 2.38 bits per heavy atom.